The van der Waals surface area contributed by atoms with Crippen molar-refractivity contribution in [2.45, 2.75) is 0 Å². The first-order valence-corrected chi connectivity index (χ1v) is 12.9. The first kappa shape index (κ1) is 65.5. The van der Waals surface area contributed by atoms with Crippen molar-refractivity contribution in [1.29, 1.82) is 0 Å². The minimum Gasteiger partial charge on any atom is -0.786 e. The SMILES string of the molecule is O=P([O-])([O-])F.O=P([O-])([O-])F.O=P([O-])([O-])F.O=P([O-])([O-])F.O=P([O-])([O-])F.O=P([O-])([O-])F.[C+4].[Mn+2].[Na+].[V+5]. The number of rotatable bonds is 0. The van der Waals surface area contributed by atoms with Crippen LogP contribution in [0.25, 0.3) is 0 Å². The second kappa shape index (κ2) is 28.6. The monoisotopic (exact) mass is 729 g/mol. The molecule has 33 heteroatoms. The maximum absolute atomic E-state index is 10.1. The van der Waals surface area contributed by atoms with E-state index in [9.17, 15) is 25.2 Å². The van der Waals surface area contributed by atoms with Crippen molar-refractivity contribution in [2.75, 3.05) is 0 Å². The molecule has 1 radical (unpaired) electrons. The molecule has 0 unspecified atom stereocenters. The Balaban J connectivity index is -0.0000000248. The Labute approximate surface area is 230 Å². The van der Waals surface area contributed by atoms with Crippen LogP contribution in [-0.2, 0) is 63.0 Å². The molecule has 0 amide bonds. The molecule has 0 N–H and O–H groups in total. The van der Waals surface area contributed by atoms with Crippen LogP contribution in [0.4, 0.5) is 25.2 Å². The van der Waals surface area contributed by atoms with Gasteiger partial charge in [0, 0.05) is 0 Å². The van der Waals surface area contributed by atoms with Gasteiger partial charge in [-0.2, -0.15) is 0 Å². The maximum atomic E-state index is 10.1. The number of hydrogen-bond donors (Lipinski definition) is 0. The Hall–Kier alpha value is 2.58. The third kappa shape index (κ3) is 5840. The van der Waals surface area contributed by atoms with Crippen molar-refractivity contribution in [2.24, 2.45) is 0 Å². The normalized spacial score (nSPS) is 10.4. The molecular formula is CF6MnNaO18P6V. The quantitative estimate of drug-likeness (QED) is 0.127. The van der Waals surface area contributed by atoms with Crippen LogP contribution in [0.3, 0.4) is 0 Å². The van der Waals surface area contributed by atoms with Crippen molar-refractivity contribution < 1.29 is 176 Å². The van der Waals surface area contributed by atoms with Gasteiger partial charge in [-0.05, 0) is 0 Å². The van der Waals surface area contributed by atoms with E-state index in [0.29, 0.717) is 0 Å². The Morgan fingerprint density at radius 1 is 0.353 bits per heavy atom. The summed E-state index contributed by atoms with van der Waals surface area (Å²) in [4.78, 5) is 101. The van der Waals surface area contributed by atoms with E-state index in [-0.39, 0.29) is 72.6 Å². The molecule has 0 aromatic rings. The molecule has 0 rings (SSSR count). The Bertz CT molecular complexity index is 499. The average Bonchev–Trinajstić information content (AvgIpc) is 1.94. The van der Waals surface area contributed by atoms with E-state index >= 15 is 0 Å². The summed E-state index contributed by atoms with van der Waals surface area (Å²) in [6.45, 7) is 0. The summed E-state index contributed by atoms with van der Waals surface area (Å²) in [5, 5.41) is 0. The molecule has 0 saturated carbocycles. The summed E-state index contributed by atoms with van der Waals surface area (Å²) < 4.78 is 111. The van der Waals surface area contributed by atoms with Crippen molar-refractivity contribution in [1.82, 2.24) is 0 Å². The fourth-order valence-corrected chi connectivity index (χ4v) is 0. The third-order valence-corrected chi connectivity index (χ3v) is 0. The van der Waals surface area contributed by atoms with Crippen LogP contribution in [0.1, 0.15) is 0 Å². The average molecular weight is 729 g/mol. The van der Waals surface area contributed by atoms with Gasteiger partial charge in [-0.3, -0.25) is 0 Å². The molecule has 0 aliphatic rings. The summed E-state index contributed by atoms with van der Waals surface area (Å²) in [5.41, 5.74) is 0. The van der Waals surface area contributed by atoms with E-state index in [1.807, 2.05) is 0 Å². The van der Waals surface area contributed by atoms with Gasteiger partial charge in [0.25, 0.3) is 0 Å². The largest absolute Gasteiger partial charge is 5.00 e. The van der Waals surface area contributed by atoms with Gasteiger partial charge in [0.1, 0.15) is 47.4 Å². The van der Waals surface area contributed by atoms with Crippen LogP contribution in [0, 0.1) is 7.43 Å². The predicted octanol–water partition coefficient (Wildman–Crippen LogP) is -10.2. The molecule has 34 heavy (non-hydrogen) atoms. The predicted molar refractivity (Wildman–Crippen MR) is 55.5 cm³/mol. The summed E-state index contributed by atoms with van der Waals surface area (Å²) >= 11 is 0. The molecule has 0 aliphatic carbocycles. The topological polar surface area (TPSA) is 379 Å². The molecule has 0 aromatic carbocycles. The molecule has 0 atom stereocenters. The molecule has 0 saturated heterocycles. The van der Waals surface area contributed by atoms with Crippen molar-refractivity contribution >= 4 is 47.4 Å². The number of hydrogen-bond acceptors (Lipinski definition) is 18. The van der Waals surface area contributed by atoms with Gasteiger partial charge in [0.2, 0.25) is 0 Å². The van der Waals surface area contributed by atoms with Crippen LogP contribution in [0.5, 0.6) is 0 Å². The number of halogens is 6. The molecule has 0 fully saturated rings. The molecule has 0 aliphatic heterocycles. The molecule has 0 spiro atoms. The van der Waals surface area contributed by atoms with E-state index in [2.05, 4.69) is 0 Å². The fourth-order valence-electron chi connectivity index (χ4n) is 0. The smallest absolute Gasteiger partial charge is 0.786 e. The minimum absolute atomic E-state index is 0. The molecular weight excluding hydrogens is 729 g/mol. The van der Waals surface area contributed by atoms with Gasteiger partial charge in [0.15, 0.2) is 0 Å². The second-order valence-electron chi connectivity index (χ2n) is 2.58. The molecule has 0 heterocycles. The summed E-state index contributed by atoms with van der Waals surface area (Å²) in [6, 6.07) is 0. The van der Waals surface area contributed by atoms with Gasteiger partial charge in [-0.15, -0.1) is 0 Å². The standard InChI is InChI=1S/C.6FH2O3P.Mn.Na.V/c;6*1-5(2,3)4;;;/h;6*(H2,2,3,4);;;/q+4;;;;;;;+2;+1;+5/p-12. The van der Waals surface area contributed by atoms with E-state index < -0.39 is 47.4 Å². The van der Waals surface area contributed by atoms with Crippen LogP contribution in [0.15, 0.2) is 0 Å². The van der Waals surface area contributed by atoms with Crippen LogP contribution >= 0.6 is 47.4 Å². The summed E-state index contributed by atoms with van der Waals surface area (Å²) in [6.07, 6.45) is 0. The first-order valence-electron chi connectivity index (χ1n) is 4.30. The van der Waals surface area contributed by atoms with Crippen LogP contribution in [0.2, 0.25) is 0 Å². The molecule has 0 bridgehead atoms. The van der Waals surface area contributed by atoms with Gasteiger partial charge >= 0.3 is 72.6 Å². The molecule has 18 nitrogen and oxygen atoms in total. The van der Waals surface area contributed by atoms with E-state index in [4.69, 9.17) is 86.1 Å². The molecule has 197 valence electrons. The van der Waals surface area contributed by atoms with Gasteiger partial charge in [-0.25, -0.2) is 25.2 Å². The van der Waals surface area contributed by atoms with E-state index in [1.54, 1.807) is 0 Å². The van der Waals surface area contributed by atoms with Crippen molar-refractivity contribution in [3.8, 4) is 0 Å². The van der Waals surface area contributed by atoms with Gasteiger partial charge in [-0.1, -0.05) is 0 Å². The Kier molecular flexibility index (Phi) is 55.1. The zero-order valence-electron chi connectivity index (χ0n) is 14.6. The van der Waals surface area contributed by atoms with Gasteiger partial charge in [0.05, 0.1) is 0 Å². The minimum atomic E-state index is -5.64. The van der Waals surface area contributed by atoms with E-state index in [0.717, 1.165) is 0 Å². The second-order valence-corrected chi connectivity index (χ2v) is 7.75. The first-order chi connectivity index (χ1) is 12.0. The van der Waals surface area contributed by atoms with Gasteiger partial charge < -0.3 is 86.1 Å². The maximum Gasteiger partial charge on any atom is 5.00 e. The van der Waals surface area contributed by atoms with Crippen LogP contribution < -0.4 is 88.3 Å². The van der Waals surface area contributed by atoms with Crippen molar-refractivity contribution in [3.05, 3.63) is 7.43 Å². The van der Waals surface area contributed by atoms with Crippen molar-refractivity contribution in [3.63, 3.8) is 0 Å². The van der Waals surface area contributed by atoms with E-state index in [1.165, 1.54) is 0 Å². The summed E-state index contributed by atoms with van der Waals surface area (Å²) in [5.74, 6) is 0. The fraction of sp³-hybridized carbons (Fsp3) is 0. The third-order valence-electron chi connectivity index (χ3n) is 0. The van der Waals surface area contributed by atoms with Crippen LogP contribution in [-0.4, -0.2) is 0 Å². The Morgan fingerprint density at radius 3 is 0.353 bits per heavy atom. The molecule has 0 aromatic heterocycles. The zero-order chi connectivity index (χ0) is 27.0. The Morgan fingerprint density at radius 2 is 0.353 bits per heavy atom. The summed E-state index contributed by atoms with van der Waals surface area (Å²) in [7, 11) is -33.8. The zero-order valence-corrected chi connectivity index (χ0v) is 24.6.